The average molecular weight is 242 g/mol. The third-order valence-corrected chi connectivity index (χ3v) is 2.50. The first-order valence-electron chi connectivity index (χ1n) is 5.13. The van der Waals surface area contributed by atoms with Gasteiger partial charge in [-0.05, 0) is 18.1 Å². The maximum Gasteiger partial charge on any atom is 0.306 e. The zero-order valence-electron chi connectivity index (χ0n) is 9.99. The molecule has 0 bridgehead atoms. The topological polar surface area (TPSA) is 55.8 Å². The maximum absolute atomic E-state index is 13.4. The Hall–Kier alpha value is -1.78. The number of methoxy groups -OCH3 is 2. The Morgan fingerprint density at radius 1 is 1.35 bits per heavy atom. The predicted octanol–water partition coefficient (Wildman–Crippen LogP) is 2.11. The van der Waals surface area contributed by atoms with Crippen molar-refractivity contribution >= 4 is 5.97 Å². The molecule has 1 atom stereocenters. The van der Waals surface area contributed by atoms with E-state index in [1.807, 2.05) is 0 Å². The van der Waals surface area contributed by atoms with Crippen LogP contribution in [0.15, 0.2) is 12.1 Å². The summed E-state index contributed by atoms with van der Waals surface area (Å²) in [6.07, 6.45) is 0.259. The Balaban J connectivity index is 3.12. The fourth-order valence-electron chi connectivity index (χ4n) is 1.57. The molecular weight excluding hydrogens is 227 g/mol. The van der Waals surface area contributed by atoms with Gasteiger partial charge in [-0.15, -0.1) is 0 Å². The van der Waals surface area contributed by atoms with Crippen LogP contribution in [0, 0.1) is 11.7 Å². The van der Waals surface area contributed by atoms with Crippen LogP contribution in [0.3, 0.4) is 0 Å². The van der Waals surface area contributed by atoms with Gasteiger partial charge in [0.15, 0.2) is 17.3 Å². The number of carboxylic acid groups (broad SMARTS) is 1. The smallest absolute Gasteiger partial charge is 0.306 e. The summed E-state index contributed by atoms with van der Waals surface area (Å²) in [5.74, 6) is -1.76. The molecule has 0 saturated carbocycles. The van der Waals surface area contributed by atoms with E-state index in [0.29, 0.717) is 5.56 Å². The van der Waals surface area contributed by atoms with Crippen LogP contribution in [0.1, 0.15) is 12.5 Å². The molecule has 0 saturated heterocycles. The summed E-state index contributed by atoms with van der Waals surface area (Å²) in [5, 5.41) is 8.84. The fraction of sp³-hybridized carbons (Fsp3) is 0.417. The highest BCUT2D eigenvalue weighted by molar-refractivity contribution is 5.70. The number of ether oxygens (including phenoxy) is 2. The van der Waals surface area contributed by atoms with Crippen molar-refractivity contribution in [1.82, 2.24) is 0 Å². The Kier molecular flexibility index (Phi) is 4.31. The molecule has 0 aromatic heterocycles. The summed E-state index contributed by atoms with van der Waals surface area (Å²) in [6.45, 7) is 1.58. The minimum absolute atomic E-state index is 0.00240. The number of benzene rings is 1. The molecule has 1 aromatic rings. The fourth-order valence-corrected chi connectivity index (χ4v) is 1.57. The quantitative estimate of drug-likeness (QED) is 0.859. The van der Waals surface area contributed by atoms with Gasteiger partial charge in [0.1, 0.15) is 0 Å². The van der Waals surface area contributed by atoms with Crippen molar-refractivity contribution in [3.8, 4) is 11.5 Å². The molecule has 0 radical (unpaired) electrons. The summed E-state index contributed by atoms with van der Waals surface area (Å²) in [7, 11) is 2.73. The SMILES string of the molecule is COc1c(F)ccc(CC(C)C(=O)O)c1OC. The Bertz CT molecular complexity index is 417. The number of hydrogen-bond donors (Lipinski definition) is 1. The van der Waals surface area contributed by atoms with Gasteiger partial charge in [0.05, 0.1) is 20.1 Å². The van der Waals surface area contributed by atoms with Crippen LogP contribution < -0.4 is 9.47 Å². The first kappa shape index (κ1) is 13.3. The Morgan fingerprint density at radius 3 is 2.41 bits per heavy atom. The standard InChI is InChI=1S/C12H15FO4/c1-7(12(14)15)6-8-4-5-9(13)11(17-3)10(8)16-2/h4-5,7H,6H2,1-3H3,(H,14,15). The van der Waals surface area contributed by atoms with Gasteiger partial charge in [0, 0.05) is 0 Å². The van der Waals surface area contributed by atoms with E-state index in [2.05, 4.69) is 0 Å². The highest BCUT2D eigenvalue weighted by atomic mass is 19.1. The van der Waals surface area contributed by atoms with Gasteiger partial charge in [-0.3, -0.25) is 4.79 Å². The molecular formula is C12H15FO4. The normalized spacial score (nSPS) is 12.0. The number of carboxylic acids is 1. The van der Waals surface area contributed by atoms with Gasteiger partial charge in [-0.1, -0.05) is 13.0 Å². The summed E-state index contributed by atoms with van der Waals surface area (Å²) >= 11 is 0. The van der Waals surface area contributed by atoms with E-state index in [-0.39, 0.29) is 17.9 Å². The van der Waals surface area contributed by atoms with Gasteiger partial charge in [-0.25, -0.2) is 4.39 Å². The van der Waals surface area contributed by atoms with Gasteiger partial charge in [0.2, 0.25) is 0 Å². The highest BCUT2D eigenvalue weighted by Crippen LogP contribution is 2.34. The van der Waals surface area contributed by atoms with Gasteiger partial charge in [0.25, 0.3) is 0 Å². The molecule has 5 heteroatoms. The van der Waals surface area contributed by atoms with Crippen LogP contribution >= 0.6 is 0 Å². The molecule has 1 aromatic carbocycles. The van der Waals surface area contributed by atoms with E-state index in [1.165, 1.54) is 26.4 Å². The van der Waals surface area contributed by atoms with Crippen molar-refractivity contribution in [2.24, 2.45) is 5.92 Å². The summed E-state index contributed by atoms with van der Waals surface area (Å²) in [5.41, 5.74) is 0.612. The molecule has 0 aliphatic rings. The predicted molar refractivity (Wildman–Crippen MR) is 60.0 cm³/mol. The van der Waals surface area contributed by atoms with Crippen LogP contribution in [0.2, 0.25) is 0 Å². The minimum atomic E-state index is -0.907. The molecule has 94 valence electrons. The molecule has 0 fully saturated rings. The lowest BCUT2D eigenvalue weighted by atomic mass is 10.00. The summed E-state index contributed by atoms with van der Waals surface area (Å²) in [6, 6.07) is 2.75. The number of carbonyl (C=O) groups is 1. The summed E-state index contributed by atoms with van der Waals surface area (Å²) in [4.78, 5) is 10.8. The lowest BCUT2D eigenvalue weighted by Gasteiger charge is -2.14. The monoisotopic (exact) mass is 242 g/mol. The second-order valence-corrected chi connectivity index (χ2v) is 3.72. The van der Waals surface area contributed by atoms with E-state index in [0.717, 1.165) is 0 Å². The maximum atomic E-state index is 13.4. The number of aliphatic carboxylic acids is 1. The first-order chi connectivity index (χ1) is 8.01. The Labute approximate surface area is 99.0 Å². The van der Waals surface area contributed by atoms with Gasteiger partial charge < -0.3 is 14.6 Å². The van der Waals surface area contributed by atoms with Gasteiger partial charge >= 0.3 is 5.97 Å². The van der Waals surface area contributed by atoms with Crippen molar-refractivity contribution in [2.75, 3.05) is 14.2 Å². The van der Waals surface area contributed by atoms with E-state index in [1.54, 1.807) is 6.92 Å². The van der Waals surface area contributed by atoms with Crippen molar-refractivity contribution < 1.29 is 23.8 Å². The Morgan fingerprint density at radius 2 is 1.94 bits per heavy atom. The second-order valence-electron chi connectivity index (χ2n) is 3.72. The third kappa shape index (κ3) is 2.87. The number of rotatable bonds is 5. The van der Waals surface area contributed by atoms with E-state index >= 15 is 0 Å². The second kappa shape index (κ2) is 5.52. The van der Waals surface area contributed by atoms with Crippen molar-refractivity contribution in [2.45, 2.75) is 13.3 Å². The molecule has 0 amide bonds. The molecule has 17 heavy (non-hydrogen) atoms. The highest BCUT2D eigenvalue weighted by Gasteiger charge is 2.19. The molecule has 0 aliphatic heterocycles. The minimum Gasteiger partial charge on any atom is -0.492 e. The van der Waals surface area contributed by atoms with Crippen molar-refractivity contribution in [1.29, 1.82) is 0 Å². The lowest BCUT2D eigenvalue weighted by Crippen LogP contribution is -2.13. The number of halogens is 1. The molecule has 1 unspecified atom stereocenters. The van der Waals surface area contributed by atoms with E-state index in [9.17, 15) is 9.18 Å². The molecule has 1 N–H and O–H groups in total. The summed E-state index contributed by atoms with van der Waals surface area (Å²) < 4.78 is 23.4. The molecule has 0 spiro atoms. The first-order valence-corrected chi connectivity index (χ1v) is 5.13. The van der Waals surface area contributed by atoms with Crippen LogP contribution in [0.4, 0.5) is 4.39 Å². The largest absolute Gasteiger partial charge is 0.492 e. The lowest BCUT2D eigenvalue weighted by molar-refractivity contribution is -0.141. The van der Waals surface area contributed by atoms with E-state index < -0.39 is 17.7 Å². The number of hydrogen-bond acceptors (Lipinski definition) is 3. The zero-order chi connectivity index (χ0) is 13.0. The van der Waals surface area contributed by atoms with Crippen molar-refractivity contribution in [3.63, 3.8) is 0 Å². The van der Waals surface area contributed by atoms with Crippen LogP contribution in [-0.2, 0) is 11.2 Å². The van der Waals surface area contributed by atoms with Crippen molar-refractivity contribution in [3.05, 3.63) is 23.5 Å². The average Bonchev–Trinajstić information content (AvgIpc) is 2.30. The zero-order valence-corrected chi connectivity index (χ0v) is 9.99. The van der Waals surface area contributed by atoms with Gasteiger partial charge in [-0.2, -0.15) is 0 Å². The molecule has 0 heterocycles. The van der Waals surface area contributed by atoms with E-state index in [4.69, 9.17) is 14.6 Å². The molecule has 4 nitrogen and oxygen atoms in total. The molecule has 1 rings (SSSR count). The molecule has 0 aliphatic carbocycles. The van der Waals surface area contributed by atoms with Crippen LogP contribution in [0.25, 0.3) is 0 Å². The van der Waals surface area contributed by atoms with Crippen LogP contribution in [0.5, 0.6) is 11.5 Å². The third-order valence-electron chi connectivity index (χ3n) is 2.50. The van der Waals surface area contributed by atoms with Crippen LogP contribution in [-0.4, -0.2) is 25.3 Å².